The van der Waals surface area contributed by atoms with Gasteiger partial charge in [-0.25, -0.2) is 4.79 Å². The summed E-state index contributed by atoms with van der Waals surface area (Å²) in [4.78, 5) is 14.2. The molecule has 0 spiro atoms. The topological polar surface area (TPSA) is 53.6 Å². The SMILES string of the molecule is CC(CNC(=O)OC(C)(C)C)NC1CCCN(C(C)C)CC1. The van der Waals surface area contributed by atoms with Gasteiger partial charge < -0.3 is 20.3 Å². The Bertz CT molecular complexity index is 339. The molecular formula is C17H35N3O2. The first-order chi connectivity index (χ1) is 10.2. The van der Waals surface area contributed by atoms with Crippen LogP contribution in [0.5, 0.6) is 0 Å². The molecule has 1 amide bonds. The zero-order valence-electron chi connectivity index (χ0n) is 15.2. The van der Waals surface area contributed by atoms with Crippen LogP contribution in [-0.2, 0) is 4.74 Å². The van der Waals surface area contributed by atoms with Crippen molar-refractivity contribution >= 4 is 6.09 Å². The second-order valence-electron chi connectivity index (χ2n) is 7.71. The number of hydrogen-bond acceptors (Lipinski definition) is 4. The van der Waals surface area contributed by atoms with E-state index in [0.29, 0.717) is 18.6 Å². The summed E-state index contributed by atoms with van der Waals surface area (Å²) in [5, 5.41) is 6.48. The Kier molecular flexibility index (Phi) is 7.63. The standard InChI is InChI=1S/C17H35N3O2/c1-13(2)20-10-7-8-15(9-11-20)19-14(3)12-18-16(21)22-17(4,5)6/h13-15,19H,7-12H2,1-6H3,(H,18,21). The second-order valence-corrected chi connectivity index (χ2v) is 7.71. The average Bonchev–Trinajstić information content (AvgIpc) is 2.60. The van der Waals surface area contributed by atoms with Gasteiger partial charge in [-0.2, -0.15) is 0 Å². The van der Waals surface area contributed by atoms with E-state index in [2.05, 4.69) is 36.3 Å². The Hall–Kier alpha value is -0.810. The molecule has 0 bridgehead atoms. The second kappa shape index (κ2) is 8.73. The van der Waals surface area contributed by atoms with Gasteiger partial charge in [-0.15, -0.1) is 0 Å². The van der Waals surface area contributed by atoms with E-state index in [1.807, 2.05) is 20.8 Å². The van der Waals surface area contributed by atoms with Crippen molar-refractivity contribution < 1.29 is 9.53 Å². The van der Waals surface area contributed by atoms with Crippen LogP contribution in [0.25, 0.3) is 0 Å². The Morgan fingerprint density at radius 1 is 1.23 bits per heavy atom. The monoisotopic (exact) mass is 313 g/mol. The number of hydrogen-bond donors (Lipinski definition) is 2. The molecule has 22 heavy (non-hydrogen) atoms. The van der Waals surface area contributed by atoms with Crippen LogP contribution in [-0.4, -0.2) is 54.4 Å². The van der Waals surface area contributed by atoms with Gasteiger partial charge in [0.15, 0.2) is 0 Å². The van der Waals surface area contributed by atoms with Crippen molar-refractivity contribution in [1.29, 1.82) is 0 Å². The molecule has 1 fully saturated rings. The summed E-state index contributed by atoms with van der Waals surface area (Å²) < 4.78 is 5.25. The van der Waals surface area contributed by atoms with Crippen LogP contribution < -0.4 is 10.6 Å². The quantitative estimate of drug-likeness (QED) is 0.819. The molecule has 1 heterocycles. The summed E-state index contributed by atoms with van der Waals surface area (Å²) in [7, 11) is 0. The Morgan fingerprint density at radius 3 is 2.50 bits per heavy atom. The number of carbonyl (C=O) groups is 1. The van der Waals surface area contributed by atoms with Gasteiger partial charge in [0, 0.05) is 24.7 Å². The molecule has 2 N–H and O–H groups in total. The van der Waals surface area contributed by atoms with Gasteiger partial charge in [0.05, 0.1) is 0 Å². The number of likely N-dealkylation sites (tertiary alicyclic amines) is 1. The van der Waals surface area contributed by atoms with E-state index in [0.717, 1.165) is 6.54 Å². The van der Waals surface area contributed by atoms with Crippen LogP contribution >= 0.6 is 0 Å². The average molecular weight is 313 g/mol. The molecule has 0 aromatic rings. The first-order valence-electron chi connectivity index (χ1n) is 8.64. The Labute approximate surface area is 136 Å². The molecule has 0 aromatic carbocycles. The maximum atomic E-state index is 11.7. The van der Waals surface area contributed by atoms with Crippen LogP contribution in [0.2, 0.25) is 0 Å². The third kappa shape index (κ3) is 7.99. The predicted molar refractivity (Wildman–Crippen MR) is 91.2 cm³/mol. The van der Waals surface area contributed by atoms with Crippen LogP contribution in [0.4, 0.5) is 4.79 Å². The van der Waals surface area contributed by atoms with Crippen molar-refractivity contribution in [3.63, 3.8) is 0 Å². The summed E-state index contributed by atoms with van der Waals surface area (Å²) in [6, 6.07) is 1.42. The van der Waals surface area contributed by atoms with Gasteiger partial charge in [-0.1, -0.05) is 0 Å². The molecule has 0 aliphatic carbocycles. The molecule has 5 nitrogen and oxygen atoms in total. The minimum Gasteiger partial charge on any atom is -0.444 e. The molecule has 2 unspecified atom stereocenters. The maximum absolute atomic E-state index is 11.7. The number of ether oxygens (including phenoxy) is 1. The molecule has 2 atom stereocenters. The van der Waals surface area contributed by atoms with Gasteiger partial charge in [-0.05, 0) is 73.9 Å². The predicted octanol–water partition coefficient (Wildman–Crippen LogP) is 2.75. The summed E-state index contributed by atoms with van der Waals surface area (Å²) in [5.41, 5.74) is -0.442. The van der Waals surface area contributed by atoms with Gasteiger partial charge >= 0.3 is 6.09 Å². The van der Waals surface area contributed by atoms with E-state index >= 15 is 0 Å². The number of rotatable bonds is 5. The van der Waals surface area contributed by atoms with Crippen molar-refractivity contribution in [2.75, 3.05) is 19.6 Å². The minimum atomic E-state index is -0.442. The summed E-state index contributed by atoms with van der Waals surface area (Å²) >= 11 is 0. The maximum Gasteiger partial charge on any atom is 0.407 e. The largest absolute Gasteiger partial charge is 0.444 e. The van der Waals surface area contributed by atoms with Crippen LogP contribution in [0, 0.1) is 0 Å². The van der Waals surface area contributed by atoms with Crippen molar-refractivity contribution in [2.24, 2.45) is 0 Å². The van der Waals surface area contributed by atoms with Crippen LogP contribution in [0.1, 0.15) is 60.8 Å². The summed E-state index contributed by atoms with van der Waals surface area (Å²) in [6.45, 7) is 15.2. The van der Waals surface area contributed by atoms with Crippen LogP contribution in [0.3, 0.4) is 0 Å². The normalized spacial score (nSPS) is 22.2. The van der Waals surface area contributed by atoms with E-state index in [4.69, 9.17) is 4.74 Å². The van der Waals surface area contributed by atoms with Crippen molar-refractivity contribution in [3.05, 3.63) is 0 Å². The third-order valence-corrected chi connectivity index (χ3v) is 3.96. The first kappa shape index (κ1) is 19.2. The molecule has 0 radical (unpaired) electrons. The van der Waals surface area contributed by atoms with Gasteiger partial charge in [0.25, 0.3) is 0 Å². The lowest BCUT2D eigenvalue weighted by atomic mass is 10.1. The number of amides is 1. The highest BCUT2D eigenvalue weighted by Crippen LogP contribution is 2.13. The fraction of sp³-hybridized carbons (Fsp3) is 0.941. The number of alkyl carbamates (subject to hydrolysis) is 1. The Balaban J connectivity index is 2.27. The van der Waals surface area contributed by atoms with E-state index in [9.17, 15) is 4.79 Å². The lowest BCUT2D eigenvalue weighted by molar-refractivity contribution is 0.0522. The highest BCUT2D eigenvalue weighted by Gasteiger charge is 2.20. The molecule has 0 saturated carbocycles. The molecule has 1 saturated heterocycles. The lowest BCUT2D eigenvalue weighted by Crippen LogP contribution is -2.45. The highest BCUT2D eigenvalue weighted by molar-refractivity contribution is 5.67. The fourth-order valence-electron chi connectivity index (χ4n) is 2.81. The van der Waals surface area contributed by atoms with Crippen LogP contribution in [0.15, 0.2) is 0 Å². The summed E-state index contributed by atoms with van der Waals surface area (Å²) in [5.74, 6) is 0. The molecule has 1 aliphatic heterocycles. The van der Waals surface area contributed by atoms with Gasteiger partial charge in [-0.3, -0.25) is 0 Å². The van der Waals surface area contributed by atoms with E-state index < -0.39 is 5.60 Å². The molecular weight excluding hydrogens is 278 g/mol. The summed E-state index contributed by atoms with van der Waals surface area (Å²) in [6.07, 6.45) is 3.28. The zero-order valence-corrected chi connectivity index (χ0v) is 15.2. The molecule has 1 aliphatic rings. The molecule has 130 valence electrons. The Morgan fingerprint density at radius 2 is 1.91 bits per heavy atom. The number of nitrogens with zero attached hydrogens (tertiary/aromatic N) is 1. The van der Waals surface area contributed by atoms with Gasteiger partial charge in [0.1, 0.15) is 5.60 Å². The van der Waals surface area contributed by atoms with E-state index in [1.165, 1.54) is 25.8 Å². The highest BCUT2D eigenvalue weighted by atomic mass is 16.6. The van der Waals surface area contributed by atoms with Crippen molar-refractivity contribution in [1.82, 2.24) is 15.5 Å². The first-order valence-corrected chi connectivity index (χ1v) is 8.64. The third-order valence-electron chi connectivity index (χ3n) is 3.96. The van der Waals surface area contributed by atoms with Crippen molar-refractivity contribution in [2.45, 2.75) is 84.5 Å². The zero-order chi connectivity index (χ0) is 16.8. The van der Waals surface area contributed by atoms with E-state index in [1.54, 1.807) is 0 Å². The van der Waals surface area contributed by atoms with Gasteiger partial charge in [0.2, 0.25) is 0 Å². The molecule has 0 aromatic heterocycles. The van der Waals surface area contributed by atoms with Crippen molar-refractivity contribution in [3.8, 4) is 0 Å². The lowest BCUT2D eigenvalue weighted by Gasteiger charge is -2.25. The molecule has 5 heteroatoms. The minimum absolute atomic E-state index is 0.253. The fourth-order valence-corrected chi connectivity index (χ4v) is 2.81. The molecule has 1 rings (SSSR count). The smallest absolute Gasteiger partial charge is 0.407 e. The van der Waals surface area contributed by atoms with E-state index in [-0.39, 0.29) is 12.1 Å². The number of carbonyl (C=O) groups excluding carboxylic acids is 1. The number of nitrogens with one attached hydrogen (secondary N) is 2.